The van der Waals surface area contributed by atoms with Crippen molar-refractivity contribution in [2.45, 2.75) is 6.54 Å². The van der Waals surface area contributed by atoms with Crippen LogP contribution in [0.5, 0.6) is 0 Å². The predicted molar refractivity (Wildman–Crippen MR) is 109 cm³/mol. The Morgan fingerprint density at radius 3 is 2.62 bits per heavy atom. The van der Waals surface area contributed by atoms with Crippen LogP contribution in [0.3, 0.4) is 0 Å². The first-order chi connectivity index (χ1) is 12.9. The summed E-state index contributed by atoms with van der Waals surface area (Å²) in [6.07, 6.45) is 1.89. The zero-order valence-corrected chi connectivity index (χ0v) is 15.3. The van der Waals surface area contributed by atoms with Gasteiger partial charge >= 0.3 is 0 Å². The number of hydrogen-bond donors (Lipinski definition) is 0. The molecule has 4 aromatic rings. The molecule has 0 N–H and O–H groups in total. The largest absolute Gasteiger partial charge is 0.345 e. The van der Waals surface area contributed by atoms with Crippen molar-refractivity contribution in [3.8, 4) is 0 Å². The number of hydrogen-bond acceptors (Lipinski definition) is 5. The molecule has 2 aromatic carbocycles. The Kier molecular flexibility index (Phi) is 4.03. The SMILES string of the molecule is c1cnc2c(CN3CCN(c4nc5ccccc5s4)CC3)cccc2c1. The van der Waals surface area contributed by atoms with Gasteiger partial charge in [-0.25, -0.2) is 4.98 Å². The van der Waals surface area contributed by atoms with Crippen molar-refractivity contribution in [3.63, 3.8) is 0 Å². The highest BCUT2D eigenvalue weighted by Gasteiger charge is 2.20. The lowest BCUT2D eigenvalue weighted by Crippen LogP contribution is -2.45. The second-order valence-corrected chi connectivity index (χ2v) is 7.73. The van der Waals surface area contributed by atoms with E-state index in [0.29, 0.717) is 0 Å². The van der Waals surface area contributed by atoms with E-state index in [9.17, 15) is 0 Å². The van der Waals surface area contributed by atoms with Gasteiger partial charge in [0.15, 0.2) is 5.13 Å². The summed E-state index contributed by atoms with van der Waals surface area (Å²) in [6, 6.07) is 19.0. The van der Waals surface area contributed by atoms with E-state index in [1.165, 1.54) is 15.6 Å². The third kappa shape index (κ3) is 2.93. The van der Waals surface area contributed by atoms with Gasteiger partial charge in [-0.3, -0.25) is 9.88 Å². The summed E-state index contributed by atoms with van der Waals surface area (Å²) in [5.41, 5.74) is 3.55. The number of thiazole rings is 1. The van der Waals surface area contributed by atoms with E-state index in [0.717, 1.165) is 48.9 Å². The molecule has 4 nitrogen and oxygen atoms in total. The van der Waals surface area contributed by atoms with Gasteiger partial charge in [-0.05, 0) is 23.8 Å². The average molecular weight is 360 g/mol. The molecular weight excluding hydrogens is 340 g/mol. The molecule has 3 heterocycles. The molecule has 1 saturated heterocycles. The fourth-order valence-electron chi connectivity index (χ4n) is 3.63. The van der Waals surface area contributed by atoms with Crippen LogP contribution in [0.2, 0.25) is 0 Å². The maximum atomic E-state index is 4.80. The summed E-state index contributed by atoms with van der Waals surface area (Å²) in [4.78, 5) is 14.3. The van der Waals surface area contributed by atoms with Crippen LogP contribution in [0.15, 0.2) is 60.8 Å². The molecule has 5 heteroatoms. The van der Waals surface area contributed by atoms with Crippen LogP contribution in [0, 0.1) is 0 Å². The summed E-state index contributed by atoms with van der Waals surface area (Å²) in [7, 11) is 0. The number of rotatable bonds is 3. The van der Waals surface area contributed by atoms with E-state index in [2.05, 4.69) is 63.3 Å². The summed E-state index contributed by atoms with van der Waals surface area (Å²) in [6.45, 7) is 5.12. The smallest absolute Gasteiger partial charge is 0.186 e. The number of nitrogens with zero attached hydrogens (tertiary/aromatic N) is 4. The minimum atomic E-state index is 0.960. The van der Waals surface area contributed by atoms with Crippen LogP contribution in [0.4, 0.5) is 5.13 Å². The lowest BCUT2D eigenvalue weighted by atomic mass is 10.1. The Hall–Kier alpha value is -2.50. The normalized spacial score (nSPS) is 15.8. The predicted octanol–water partition coefficient (Wildman–Crippen LogP) is 4.17. The highest BCUT2D eigenvalue weighted by atomic mass is 32.1. The molecule has 0 spiro atoms. The summed E-state index contributed by atoms with van der Waals surface area (Å²) >= 11 is 1.80. The molecule has 0 radical (unpaired) electrons. The number of benzene rings is 2. The van der Waals surface area contributed by atoms with Gasteiger partial charge in [-0.1, -0.05) is 47.7 Å². The lowest BCUT2D eigenvalue weighted by molar-refractivity contribution is 0.250. The standard InChI is InChI=1S/C21H20N4S/c1-2-9-19-18(8-1)23-21(26-19)25-13-11-24(12-14-25)15-17-6-3-5-16-7-4-10-22-20(16)17/h1-10H,11-15H2. The summed E-state index contributed by atoms with van der Waals surface area (Å²) < 4.78 is 1.27. The Morgan fingerprint density at radius 1 is 0.885 bits per heavy atom. The zero-order valence-electron chi connectivity index (χ0n) is 14.5. The molecule has 2 aromatic heterocycles. The first-order valence-corrected chi connectivity index (χ1v) is 9.84. The van der Waals surface area contributed by atoms with Crippen molar-refractivity contribution < 1.29 is 0 Å². The molecule has 130 valence electrons. The second kappa shape index (κ2) is 6.67. The molecule has 1 aliphatic heterocycles. The van der Waals surface area contributed by atoms with E-state index in [4.69, 9.17) is 4.98 Å². The highest BCUT2D eigenvalue weighted by Crippen LogP contribution is 2.29. The lowest BCUT2D eigenvalue weighted by Gasteiger charge is -2.34. The Morgan fingerprint density at radius 2 is 1.73 bits per heavy atom. The first kappa shape index (κ1) is 15.7. The average Bonchev–Trinajstić information content (AvgIpc) is 3.13. The van der Waals surface area contributed by atoms with Gasteiger partial charge in [0.1, 0.15) is 0 Å². The summed E-state index contributed by atoms with van der Waals surface area (Å²) in [5, 5.41) is 2.37. The fourth-order valence-corrected chi connectivity index (χ4v) is 4.65. The number of piperazine rings is 1. The molecule has 1 aliphatic rings. The van der Waals surface area contributed by atoms with Crippen LogP contribution in [-0.4, -0.2) is 41.0 Å². The van der Waals surface area contributed by atoms with Crippen molar-refractivity contribution >= 4 is 37.6 Å². The van der Waals surface area contributed by atoms with Crippen molar-refractivity contribution in [1.82, 2.24) is 14.9 Å². The van der Waals surface area contributed by atoms with Crippen LogP contribution in [0.25, 0.3) is 21.1 Å². The molecule has 0 unspecified atom stereocenters. The minimum Gasteiger partial charge on any atom is -0.345 e. The van der Waals surface area contributed by atoms with Gasteiger partial charge < -0.3 is 4.90 Å². The first-order valence-electron chi connectivity index (χ1n) is 9.02. The van der Waals surface area contributed by atoms with Crippen molar-refractivity contribution in [3.05, 3.63) is 66.4 Å². The fraction of sp³-hybridized carbons (Fsp3) is 0.238. The number of para-hydroxylation sites is 2. The van der Waals surface area contributed by atoms with Crippen LogP contribution in [0.1, 0.15) is 5.56 Å². The van der Waals surface area contributed by atoms with Gasteiger partial charge in [0.25, 0.3) is 0 Å². The van der Waals surface area contributed by atoms with Crippen LogP contribution < -0.4 is 4.90 Å². The number of pyridine rings is 1. The van der Waals surface area contributed by atoms with Gasteiger partial charge in [-0.15, -0.1) is 0 Å². The van der Waals surface area contributed by atoms with Crippen molar-refractivity contribution in [2.75, 3.05) is 31.1 Å². The van der Waals surface area contributed by atoms with Crippen LogP contribution in [-0.2, 0) is 6.54 Å². The van der Waals surface area contributed by atoms with Crippen LogP contribution >= 0.6 is 11.3 Å². The van der Waals surface area contributed by atoms with E-state index in [-0.39, 0.29) is 0 Å². The van der Waals surface area contributed by atoms with E-state index in [1.807, 2.05) is 12.3 Å². The van der Waals surface area contributed by atoms with Crippen molar-refractivity contribution in [1.29, 1.82) is 0 Å². The maximum Gasteiger partial charge on any atom is 0.186 e. The summed E-state index contributed by atoms with van der Waals surface area (Å²) in [5.74, 6) is 0. The molecule has 0 saturated carbocycles. The third-order valence-electron chi connectivity index (χ3n) is 5.04. The number of aromatic nitrogens is 2. The van der Waals surface area contributed by atoms with E-state index >= 15 is 0 Å². The third-order valence-corrected chi connectivity index (χ3v) is 6.13. The van der Waals surface area contributed by atoms with Gasteiger partial charge in [0.05, 0.1) is 15.7 Å². The Bertz CT molecular complexity index is 1010. The van der Waals surface area contributed by atoms with Crippen molar-refractivity contribution in [2.24, 2.45) is 0 Å². The zero-order chi connectivity index (χ0) is 17.3. The molecule has 0 aliphatic carbocycles. The molecular formula is C21H20N4S. The molecule has 0 atom stereocenters. The van der Waals surface area contributed by atoms with E-state index in [1.54, 1.807) is 11.3 Å². The van der Waals surface area contributed by atoms with E-state index < -0.39 is 0 Å². The highest BCUT2D eigenvalue weighted by molar-refractivity contribution is 7.22. The van der Waals surface area contributed by atoms with Gasteiger partial charge in [0, 0.05) is 44.3 Å². The Labute approximate surface area is 156 Å². The second-order valence-electron chi connectivity index (χ2n) is 6.72. The molecule has 0 amide bonds. The molecule has 0 bridgehead atoms. The Balaban J connectivity index is 1.29. The molecule has 5 rings (SSSR count). The quantitative estimate of drug-likeness (QED) is 0.549. The number of anilines is 1. The minimum absolute atomic E-state index is 0.960. The molecule has 1 fully saturated rings. The van der Waals surface area contributed by atoms with Gasteiger partial charge in [0.2, 0.25) is 0 Å². The maximum absolute atomic E-state index is 4.80. The van der Waals surface area contributed by atoms with Gasteiger partial charge in [-0.2, -0.15) is 0 Å². The number of fused-ring (bicyclic) bond motifs is 2. The monoisotopic (exact) mass is 360 g/mol. The molecule has 26 heavy (non-hydrogen) atoms. The topological polar surface area (TPSA) is 32.3 Å².